The number of para-hydroxylation sites is 1. The van der Waals surface area contributed by atoms with Gasteiger partial charge in [0.25, 0.3) is 0 Å². The van der Waals surface area contributed by atoms with Crippen LogP contribution in [0, 0.1) is 6.92 Å². The average Bonchev–Trinajstić information content (AvgIpc) is 3.30. The summed E-state index contributed by atoms with van der Waals surface area (Å²) in [5.74, 6) is 0.00332. The highest BCUT2D eigenvalue weighted by molar-refractivity contribution is 7.89. The molecule has 0 aliphatic carbocycles. The Labute approximate surface area is 224 Å². The second-order valence-electron chi connectivity index (χ2n) is 10.2. The molecule has 1 amide bonds. The normalized spacial score (nSPS) is 12.3. The maximum atomic E-state index is 13.8. The van der Waals surface area contributed by atoms with Crippen LogP contribution < -0.4 is 5.32 Å². The molecule has 9 heteroatoms. The van der Waals surface area contributed by atoms with Crippen LogP contribution in [0.3, 0.4) is 0 Å². The van der Waals surface area contributed by atoms with Gasteiger partial charge in [-0.2, -0.15) is 9.40 Å². The molecule has 0 bridgehead atoms. The van der Waals surface area contributed by atoms with E-state index < -0.39 is 15.9 Å². The maximum absolute atomic E-state index is 13.8. The van der Waals surface area contributed by atoms with E-state index in [1.165, 1.54) is 7.11 Å². The zero-order valence-electron chi connectivity index (χ0n) is 22.4. The minimum atomic E-state index is -4.00. The first-order valence-electron chi connectivity index (χ1n) is 12.5. The summed E-state index contributed by atoms with van der Waals surface area (Å²) in [5.41, 5.74) is 2.37. The number of amides is 1. The van der Waals surface area contributed by atoms with Crippen molar-refractivity contribution in [3.8, 4) is 5.69 Å². The minimum absolute atomic E-state index is 0.0276. The monoisotopic (exact) mass is 534 g/mol. The molecule has 0 unspecified atom stereocenters. The molecule has 0 spiro atoms. The predicted octanol–water partition coefficient (Wildman–Crippen LogP) is 4.91. The second kappa shape index (κ2) is 11.1. The SMILES string of the molecule is COCCN(CC(=O)Nc1cc(C(C)(C)C)nn1-c1ccccc1C)S(=O)(=O)c1cccc2ccccc12. The summed E-state index contributed by atoms with van der Waals surface area (Å²) in [6.07, 6.45) is 0. The zero-order chi connectivity index (χ0) is 27.5. The predicted molar refractivity (Wildman–Crippen MR) is 150 cm³/mol. The van der Waals surface area contributed by atoms with Crippen LogP contribution in [0.2, 0.25) is 0 Å². The van der Waals surface area contributed by atoms with Crippen molar-refractivity contribution in [2.45, 2.75) is 38.0 Å². The fraction of sp³-hybridized carbons (Fsp3) is 0.310. The summed E-state index contributed by atoms with van der Waals surface area (Å²) in [7, 11) is -2.51. The highest BCUT2D eigenvalue weighted by atomic mass is 32.2. The smallest absolute Gasteiger partial charge is 0.244 e. The molecule has 1 N–H and O–H groups in total. The van der Waals surface area contributed by atoms with E-state index in [9.17, 15) is 13.2 Å². The Morgan fingerprint density at radius 2 is 1.71 bits per heavy atom. The maximum Gasteiger partial charge on any atom is 0.244 e. The van der Waals surface area contributed by atoms with Crippen molar-refractivity contribution in [2.75, 3.05) is 32.1 Å². The van der Waals surface area contributed by atoms with Gasteiger partial charge in [-0.3, -0.25) is 4.79 Å². The van der Waals surface area contributed by atoms with E-state index in [1.54, 1.807) is 28.9 Å². The Balaban J connectivity index is 1.67. The number of benzene rings is 3. The number of rotatable bonds is 9. The number of sulfonamides is 1. The van der Waals surface area contributed by atoms with Gasteiger partial charge in [-0.25, -0.2) is 13.1 Å². The van der Waals surface area contributed by atoms with Crippen LogP contribution in [0.25, 0.3) is 16.5 Å². The van der Waals surface area contributed by atoms with Gasteiger partial charge in [-0.05, 0) is 30.0 Å². The van der Waals surface area contributed by atoms with E-state index in [1.807, 2.05) is 76.2 Å². The molecule has 38 heavy (non-hydrogen) atoms. The van der Waals surface area contributed by atoms with Gasteiger partial charge < -0.3 is 10.1 Å². The molecule has 0 fully saturated rings. The number of anilines is 1. The average molecular weight is 535 g/mol. The Morgan fingerprint density at radius 1 is 1.03 bits per heavy atom. The number of ether oxygens (including phenoxy) is 1. The molecular weight excluding hydrogens is 500 g/mol. The van der Waals surface area contributed by atoms with Crippen LogP contribution in [0.5, 0.6) is 0 Å². The molecule has 1 aromatic heterocycles. The van der Waals surface area contributed by atoms with Crippen LogP contribution in [-0.2, 0) is 25.0 Å². The fourth-order valence-corrected chi connectivity index (χ4v) is 5.80. The lowest BCUT2D eigenvalue weighted by Crippen LogP contribution is -2.40. The first-order valence-corrected chi connectivity index (χ1v) is 13.9. The molecule has 4 aromatic rings. The van der Waals surface area contributed by atoms with Gasteiger partial charge in [0.1, 0.15) is 5.82 Å². The molecule has 200 valence electrons. The van der Waals surface area contributed by atoms with Gasteiger partial charge in [0.2, 0.25) is 15.9 Å². The minimum Gasteiger partial charge on any atom is -0.383 e. The Hall–Kier alpha value is -3.53. The van der Waals surface area contributed by atoms with Crippen molar-refractivity contribution in [1.29, 1.82) is 0 Å². The summed E-state index contributed by atoms with van der Waals surface area (Å²) in [4.78, 5) is 13.5. The zero-order valence-corrected chi connectivity index (χ0v) is 23.2. The molecule has 0 saturated heterocycles. The Morgan fingerprint density at radius 3 is 2.42 bits per heavy atom. The Kier molecular flexibility index (Phi) is 8.01. The van der Waals surface area contributed by atoms with Crippen LogP contribution in [0.1, 0.15) is 32.0 Å². The second-order valence-corrected chi connectivity index (χ2v) is 12.1. The van der Waals surface area contributed by atoms with Gasteiger partial charge in [-0.1, -0.05) is 75.4 Å². The van der Waals surface area contributed by atoms with Crippen molar-refractivity contribution >= 4 is 32.5 Å². The fourth-order valence-electron chi connectivity index (χ4n) is 4.20. The van der Waals surface area contributed by atoms with E-state index in [4.69, 9.17) is 9.84 Å². The number of nitrogens with one attached hydrogen (secondary N) is 1. The highest BCUT2D eigenvalue weighted by Gasteiger charge is 2.29. The van der Waals surface area contributed by atoms with Gasteiger partial charge in [0, 0.05) is 30.5 Å². The van der Waals surface area contributed by atoms with Crippen molar-refractivity contribution in [3.05, 3.63) is 84.1 Å². The topological polar surface area (TPSA) is 93.5 Å². The number of carbonyl (C=O) groups excluding carboxylic acids is 1. The molecule has 0 radical (unpaired) electrons. The lowest BCUT2D eigenvalue weighted by Gasteiger charge is -2.22. The van der Waals surface area contributed by atoms with Crippen LogP contribution in [0.15, 0.2) is 77.7 Å². The summed E-state index contributed by atoms with van der Waals surface area (Å²) in [6, 6.07) is 22.0. The number of nitrogens with zero attached hydrogens (tertiary/aromatic N) is 3. The summed E-state index contributed by atoms with van der Waals surface area (Å²) >= 11 is 0. The van der Waals surface area contributed by atoms with Crippen molar-refractivity contribution in [2.24, 2.45) is 0 Å². The quantitative estimate of drug-likeness (QED) is 0.329. The summed E-state index contributed by atoms with van der Waals surface area (Å²) in [6.45, 7) is 7.92. The lowest BCUT2D eigenvalue weighted by atomic mass is 9.92. The number of hydrogen-bond donors (Lipinski definition) is 1. The number of carbonyl (C=O) groups is 1. The number of aryl methyl sites for hydroxylation is 1. The molecule has 0 atom stereocenters. The lowest BCUT2D eigenvalue weighted by molar-refractivity contribution is -0.116. The molecule has 0 aliphatic rings. The van der Waals surface area contributed by atoms with E-state index >= 15 is 0 Å². The largest absolute Gasteiger partial charge is 0.383 e. The molecule has 0 saturated carbocycles. The third kappa shape index (κ3) is 5.80. The number of hydrogen-bond acceptors (Lipinski definition) is 5. The van der Waals surface area contributed by atoms with Crippen LogP contribution in [0.4, 0.5) is 5.82 Å². The van der Waals surface area contributed by atoms with Gasteiger partial charge in [-0.15, -0.1) is 0 Å². The first kappa shape index (κ1) is 27.5. The molecule has 8 nitrogen and oxygen atoms in total. The van der Waals surface area contributed by atoms with Gasteiger partial charge >= 0.3 is 0 Å². The third-order valence-corrected chi connectivity index (χ3v) is 8.22. The van der Waals surface area contributed by atoms with Crippen LogP contribution >= 0.6 is 0 Å². The van der Waals surface area contributed by atoms with E-state index in [0.29, 0.717) is 11.2 Å². The molecule has 4 rings (SSSR count). The Bertz CT molecular complexity index is 1550. The standard InChI is InChI=1S/C29H34N4O4S/c1-21-11-6-9-15-24(21)33-27(19-26(31-33)29(2,3)4)30-28(34)20-32(17-18-37-5)38(35,36)25-16-10-13-22-12-7-8-14-23(22)25/h6-16,19H,17-18,20H2,1-5H3,(H,30,34). The highest BCUT2D eigenvalue weighted by Crippen LogP contribution is 2.28. The van der Waals surface area contributed by atoms with E-state index in [2.05, 4.69) is 5.32 Å². The van der Waals surface area contributed by atoms with E-state index in [-0.39, 0.29) is 30.0 Å². The number of fused-ring (bicyclic) bond motifs is 1. The van der Waals surface area contributed by atoms with Crippen molar-refractivity contribution in [3.63, 3.8) is 0 Å². The number of methoxy groups -OCH3 is 1. The van der Waals surface area contributed by atoms with Crippen molar-refractivity contribution < 1.29 is 17.9 Å². The first-order chi connectivity index (χ1) is 18.0. The molecular formula is C29H34N4O4S. The molecule has 3 aromatic carbocycles. The van der Waals surface area contributed by atoms with Gasteiger partial charge in [0.05, 0.1) is 29.4 Å². The van der Waals surface area contributed by atoms with Crippen LogP contribution in [-0.4, -0.2) is 55.2 Å². The summed E-state index contributed by atoms with van der Waals surface area (Å²) < 4.78 is 35.6. The molecule has 0 aliphatic heterocycles. The van der Waals surface area contributed by atoms with Crippen molar-refractivity contribution in [1.82, 2.24) is 14.1 Å². The number of aromatic nitrogens is 2. The van der Waals surface area contributed by atoms with E-state index in [0.717, 1.165) is 26.6 Å². The summed E-state index contributed by atoms with van der Waals surface area (Å²) in [5, 5.41) is 9.10. The van der Waals surface area contributed by atoms with Gasteiger partial charge in [0.15, 0.2) is 0 Å². The third-order valence-electron chi connectivity index (χ3n) is 6.32. The molecule has 1 heterocycles.